The van der Waals surface area contributed by atoms with E-state index in [0.29, 0.717) is 4.99 Å². The molecule has 2 rings (SSSR count). The predicted octanol–water partition coefficient (Wildman–Crippen LogP) is 0.761. The van der Waals surface area contributed by atoms with Gasteiger partial charge in [0.25, 0.3) is 0 Å². The monoisotopic (exact) mass is 233 g/mol. The highest BCUT2D eigenvalue weighted by molar-refractivity contribution is 7.80. The van der Waals surface area contributed by atoms with E-state index in [1.807, 2.05) is 24.3 Å². The average Bonchev–Trinajstić information content (AvgIpc) is 2.60. The Hall–Kier alpha value is -1.88. The van der Waals surface area contributed by atoms with Crippen LogP contribution in [0.15, 0.2) is 30.5 Å². The number of benzene rings is 1. The molecular formula is C11H11N3OS. The Morgan fingerprint density at radius 1 is 1.31 bits per heavy atom. The van der Waals surface area contributed by atoms with Crippen molar-refractivity contribution in [1.29, 1.82) is 0 Å². The topological polar surface area (TPSA) is 74.0 Å². The van der Waals surface area contributed by atoms with Crippen molar-refractivity contribution in [2.24, 2.45) is 11.5 Å². The van der Waals surface area contributed by atoms with Crippen molar-refractivity contribution in [3.05, 3.63) is 36.0 Å². The predicted molar refractivity (Wildman–Crippen MR) is 67.0 cm³/mol. The van der Waals surface area contributed by atoms with Gasteiger partial charge in [-0.25, -0.2) is 0 Å². The molecule has 0 fully saturated rings. The largest absolute Gasteiger partial charge is 0.389 e. The van der Waals surface area contributed by atoms with Crippen LogP contribution in [0.25, 0.3) is 10.9 Å². The summed E-state index contributed by atoms with van der Waals surface area (Å²) in [5.41, 5.74) is 12.5. The maximum absolute atomic E-state index is 10.9. The lowest BCUT2D eigenvalue weighted by Crippen LogP contribution is -2.18. The number of hydrogen-bond donors (Lipinski definition) is 2. The van der Waals surface area contributed by atoms with Gasteiger partial charge in [0.15, 0.2) is 0 Å². The van der Waals surface area contributed by atoms with Gasteiger partial charge in [0, 0.05) is 22.7 Å². The van der Waals surface area contributed by atoms with E-state index in [4.69, 9.17) is 23.7 Å². The average molecular weight is 233 g/mol. The fraction of sp³-hybridized carbons (Fsp3) is 0.0909. The van der Waals surface area contributed by atoms with Gasteiger partial charge in [0.2, 0.25) is 5.91 Å². The number of carbonyl (C=O) groups excluding carboxylic acids is 1. The van der Waals surface area contributed by atoms with Gasteiger partial charge in [-0.15, -0.1) is 0 Å². The molecule has 0 atom stereocenters. The first-order chi connectivity index (χ1) is 7.59. The molecule has 1 heterocycles. The van der Waals surface area contributed by atoms with E-state index < -0.39 is 0 Å². The highest BCUT2D eigenvalue weighted by Crippen LogP contribution is 2.20. The molecule has 0 aliphatic carbocycles. The molecule has 1 aromatic heterocycles. The molecule has 82 valence electrons. The lowest BCUT2D eigenvalue weighted by Gasteiger charge is -2.04. The van der Waals surface area contributed by atoms with E-state index in [0.717, 1.165) is 16.5 Å². The van der Waals surface area contributed by atoms with Crippen LogP contribution in [0, 0.1) is 0 Å². The molecule has 2 aromatic rings. The Balaban J connectivity index is 2.61. The molecule has 0 bridgehead atoms. The third-order valence-electron chi connectivity index (χ3n) is 2.41. The van der Waals surface area contributed by atoms with Crippen LogP contribution in [-0.4, -0.2) is 15.5 Å². The highest BCUT2D eigenvalue weighted by Gasteiger charge is 2.08. The Kier molecular flexibility index (Phi) is 2.62. The van der Waals surface area contributed by atoms with Crippen molar-refractivity contribution >= 4 is 34.0 Å². The zero-order valence-electron chi connectivity index (χ0n) is 8.51. The molecule has 4 nitrogen and oxygen atoms in total. The molecule has 0 saturated heterocycles. The van der Waals surface area contributed by atoms with Gasteiger partial charge in [0.05, 0.1) is 0 Å². The summed E-state index contributed by atoms with van der Waals surface area (Å²) < 4.78 is 1.78. The minimum atomic E-state index is -0.377. The number of nitrogens with zero attached hydrogens (tertiary/aromatic N) is 1. The number of hydrogen-bond acceptors (Lipinski definition) is 2. The summed E-state index contributed by atoms with van der Waals surface area (Å²) in [5.74, 6) is -0.377. The second-order valence-corrected chi connectivity index (χ2v) is 3.95. The standard InChI is InChI=1S/C11H11N3OS/c12-10(15)6-14-5-4-7-8(11(13)16)2-1-3-9(7)14/h1-5H,6H2,(H2,12,15)(H2,13,16). The molecule has 0 spiro atoms. The van der Waals surface area contributed by atoms with Gasteiger partial charge in [-0.05, 0) is 12.1 Å². The molecule has 0 aliphatic rings. The number of carbonyl (C=O) groups is 1. The van der Waals surface area contributed by atoms with Crippen molar-refractivity contribution < 1.29 is 4.79 Å². The van der Waals surface area contributed by atoms with Crippen molar-refractivity contribution in [2.75, 3.05) is 0 Å². The second kappa shape index (κ2) is 3.94. The maximum atomic E-state index is 10.9. The van der Waals surface area contributed by atoms with Gasteiger partial charge in [-0.2, -0.15) is 0 Å². The van der Waals surface area contributed by atoms with Crippen molar-refractivity contribution in [2.45, 2.75) is 6.54 Å². The zero-order valence-corrected chi connectivity index (χ0v) is 9.33. The van der Waals surface area contributed by atoms with Crippen LogP contribution in [0.1, 0.15) is 5.56 Å². The Morgan fingerprint density at radius 3 is 2.69 bits per heavy atom. The van der Waals surface area contributed by atoms with Crippen molar-refractivity contribution in [1.82, 2.24) is 4.57 Å². The van der Waals surface area contributed by atoms with Crippen LogP contribution in [0.4, 0.5) is 0 Å². The van der Waals surface area contributed by atoms with E-state index in [2.05, 4.69) is 0 Å². The van der Waals surface area contributed by atoms with Crippen LogP contribution in [0.2, 0.25) is 0 Å². The Bertz CT molecular complexity index is 574. The number of nitrogens with two attached hydrogens (primary N) is 2. The van der Waals surface area contributed by atoms with E-state index in [1.165, 1.54) is 0 Å². The SMILES string of the molecule is NC(=O)Cn1ccc2c(C(N)=S)cccc21. The fourth-order valence-electron chi connectivity index (χ4n) is 1.74. The van der Waals surface area contributed by atoms with Gasteiger partial charge >= 0.3 is 0 Å². The van der Waals surface area contributed by atoms with Crippen LogP contribution in [-0.2, 0) is 11.3 Å². The summed E-state index contributed by atoms with van der Waals surface area (Å²) in [6, 6.07) is 7.50. The van der Waals surface area contributed by atoms with Crippen LogP contribution in [0.3, 0.4) is 0 Å². The quantitative estimate of drug-likeness (QED) is 0.769. The number of amides is 1. The van der Waals surface area contributed by atoms with Crippen LogP contribution < -0.4 is 11.5 Å². The number of aromatic nitrogens is 1. The molecular weight excluding hydrogens is 222 g/mol. The lowest BCUT2D eigenvalue weighted by molar-refractivity contribution is -0.118. The van der Waals surface area contributed by atoms with Crippen molar-refractivity contribution in [3.8, 4) is 0 Å². The van der Waals surface area contributed by atoms with Gasteiger partial charge < -0.3 is 16.0 Å². The van der Waals surface area contributed by atoms with Crippen LogP contribution in [0.5, 0.6) is 0 Å². The number of rotatable bonds is 3. The first kappa shape index (κ1) is 10.6. The van der Waals surface area contributed by atoms with Gasteiger partial charge in [0.1, 0.15) is 11.5 Å². The molecule has 0 radical (unpaired) electrons. The third kappa shape index (κ3) is 1.77. The summed E-state index contributed by atoms with van der Waals surface area (Å²) in [6.07, 6.45) is 1.80. The summed E-state index contributed by atoms with van der Waals surface area (Å²) >= 11 is 4.96. The molecule has 5 heteroatoms. The first-order valence-corrected chi connectivity index (χ1v) is 5.16. The summed E-state index contributed by atoms with van der Waals surface area (Å²) in [7, 11) is 0. The number of fused-ring (bicyclic) bond motifs is 1. The summed E-state index contributed by atoms with van der Waals surface area (Å²) in [6.45, 7) is 0.157. The summed E-state index contributed by atoms with van der Waals surface area (Å²) in [5, 5.41) is 0.941. The molecule has 1 amide bonds. The first-order valence-electron chi connectivity index (χ1n) is 4.75. The van der Waals surface area contributed by atoms with E-state index >= 15 is 0 Å². The zero-order chi connectivity index (χ0) is 11.7. The smallest absolute Gasteiger partial charge is 0.237 e. The Labute approximate surface area is 97.8 Å². The number of thiocarbonyl (C=S) groups is 1. The summed E-state index contributed by atoms with van der Waals surface area (Å²) in [4.78, 5) is 11.2. The maximum Gasteiger partial charge on any atom is 0.237 e. The van der Waals surface area contributed by atoms with Crippen molar-refractivity contribution in [3.63, 3.8) is 0 Å². The molecule has 0 unspecified atom stereocenters. The molecule has 16 heavy (non-hydrogen) atoms. The molecule has 0 aliphatic heterocycles. The van der Waals surface area contributed by atoms with E-state index in [-0.39, 0.29) is 12.5 Å². The third-order valence-corrected chi connectivity index (χ3v) is 2.63. The van der Waals surface area contributed by atoms with Gasteiger partial charge in [-0.3, -0.25) is 4.79 Å². The lowest BCUT2D eigenvalue weighted by atomic mass is 10.1. The minimum Gasteiger partial charge on any atom is -0.389 e. The van der Waals surface area contributed by atoms with Crippen LogP contribution >= 0.6 is 12.2 Å². The van der Waals surface area contributed by atoms with Gasteiger partial charge in [-0.1, -0.05) is 24.4 Å². The van der Waals surface area contributed by atoms with E-state index in [9.17, 15) is 4.79 Å². The fourth-order valence-corrected chi connectivity index (χ4v) is 1.92. The highest BCUT2D eigenvalue weighted by atomic mass is 32.1. The second-order valence-electron chi connectivity index (χ2n) is 3.51. The van der Waals surface area contributed by atoms with E-state index in [1.54, 1.807) is 10.8 Å². The molecule has 0 saturated carbocycles. The molecule has 4 N–H and O–H groups in total. The number of primary amides is 1. The Morgan fingerprint density at radius 2 is 2.06 bits per heavy atom. The molecule has 1 aromatic carbocycles. The minimum absolute atomic E-state index is 0.157. The normalized spacial score (nSPS) is 10.5.